The lowest BCUT2D eigenvalue weighted by Gasteiger charge is -2.32. The lowest BCUT2D eigenvalue weighted by Crippen LogP contribution is -3.13. The number of benzene rings is 2. The number of amides is 1. The predicted octanol–water partition coefficient (Wildman–Crippen LogP) is 1.81. The molecular formula is C20H23ClN3O5+. The number of quaternary nitrogens is 1. The van der Waals surface area contributed by atoms with Gasteiger partial charge in [-0.3, -0.25) is 14.9 Å². The molecule has 1 aliphatic rings. The maximum Gasteiger partial charge on any atom is 0.282 e. The highest BCUT2D eigenvalue weighted by Crippen LogP contribution is 2.27. The number of rotatable bonds is 6. The summed E-state index contributed by atoms with van der Waals surface area (Å²) in [5, 5.41) is 11.5. The van der Waals surface area contributed by atoms with Gasteiger partial charge in [0.15, 0.2) is 11.5 Å². The number of hydrogen-bond donors (Lipinski definition) is 1. The molecule has 1 amide bonds. The van der Waals surface area contributed by atoms with E-state index in [1.54, 1.807) is 19.1 Å². The van der Waals surface area contributed by atoms with E-state index in [0.29, 0.717) is 29.6 Å². The molecule has 0 atom stereocenters. The Balaban J connectivity index is 1.64. The Morgan fingerprint density at radius 2 is 1.83 bits per heavy atom. The average Bonchev–Trinajstić information content (AvgIpc) is 2.73. The number of methoxy groups -OCH3 is 2. The van der Waals surface area contributed by atoms with Crippen molar-refractivity contribution in [3.63, 3.8) is 0 Å². The van der Waals surface area contributed by atoms with Gasteiger partial charge in [0.1, 0.15) is 12.1 Å². The number of nitro benzene ring substituents is 1. The molecule has 154 valence electrons. The molecule has 1 heterocycles. The Hall–Kier alpha value is -2.84. The van der Waals surface area contributed by atoms with Gasteiger partial charge in [-0.2, -0.15) is 0 Å². The summed E-state index contributed by atoms with van der Waals surface area (Å²) in [5.41, 5.74) is 0.924. The summed E-state index contributed by atoms with van der Waals surface area (Å²) in [5.74, 6) is 1.01. The molecule has 1 fully saturated rings. The van der Waals surface area contributed by atoms with Crippen LogP contribution in [0.1, 0.15) is 15.9 Å². The molecule has 2 aromatic carbocycles. The highest BCUT2D eigenvalue weighted by Gasteiger charge is 2.29. The molecule has 9 heteroatoms. The van der Waals surface area contributed by atoms with E-state index in [9.17, 15) is 14.9 Å². The van der Waals surface area contributed by atoms with Gasteiger partial charge in [-0.1, -0.05) is 11.6 Å². The van der Waals surface area contributed by atoms with Crippen LogP contribution in [0.4, 0.5) is 5.69 Å². The molecular weight excluding hydrogens is 398 g/mol. The molecule has 3 rings (SSSR count). The summed E-state index contributed by atoms with van der Waals surface area (Å²) >= 11 is 5.95. The molecule has 0 saturated carbocycles. The largest absolute Gasteiger partial charge is 0.493 e. The normalized spacial score (nSPS) is 14.5. The van der Waals surface area contributed by atoms with Crippen molar-refractivity contribution in [2.45, 2.75) is 6.54 Å². The van der Waals surface area contributed by atoms with Gasteiger partial charge in [0, 0.05) is 16.7 Å². The number of nitrogens with one attached hydrogen (secondary N) is 1. The summed E-state index contributed by atoms with van der Waals surface area (Å²) in [7, 11) is 3.21. The quantitative estimate of drug-likeness (QED) is 0.569. The van der Waals surface area contributed by atoms with Gasteiger partial charge in [0.2, 0.25) is 0 Å². The third-order valence-electron chi connectivity index (χ3n) is 5.05. The Morgan fingerprint density at radius 3 is 2.45 bits per heavy atom. The molecule has 0 aliphatic carbocycles. The first-order chi connectivity index (χ1) is 13.9. The van der Waals surface area contributed by atoms with Crippen molar-refractivity contribution in [1.29, 1.82) is 0 Å². The number of carbonyl (C=O) groups excluding carboxylic acids is 1. The van der Waals surface area contributed by atoms with Crippen LogP contribution in [-0.2, 0) is 6.54 Å². The van der Waals surface area contributed by atoms with Crippen molar-refractivity contribution in [3.05, 3.63) is 62.7 Å². The molecule has 0 spiro atoms. The molecule has 29 heavy (non-hydrogen) atoms. The van der Waals surface area contributed by atoms with Gasteiger partial charge in [-0.15, -0.1) is 0 Å². The van der Waals surface area contributed by atoms with Crippen molar-refractivity contribution in [2.75, 3.05) is 40.4 Å². The highest BCUT2D eigenvalue weighted by molar-refractivity contribution is 6.31. The van der Waals surface area contributed by atoms with E-state index in [-0.39, 0.29) is 17.2 Å². The van der Waals surface area contributed by atoms with Crippen LogP contribution < -0.4 is 14.4 Å². The van der Waals surface area contributed by atoms with E-state index < -0.39 is 4.92 Å². The maximum absolute atomic E-state index is 12.8. The van der Waals surface area contributed by atoms with Gasteiger partial charge >= 0.3 is 0 Å². The zero-order valence-corrected chi connectivity index (χ0v) is 17.1. The first-order valence-corrected chi connectivity index (χ1v) is 9.58. The summed E-state index contributed by atoms with van der Waals surface area (Å²) < 4.78 is 10.6. The van der Waals surface area contributed by atoms with Gasteiger partial charge in [-0.25, -0.2) is 0 Å². The third kappa shape index (κ3) is 4.78. The number of ether oxygens (including phenoxy) is 2. The number of hydrogen-bond acceptors (Lipinski definition) is 5. The third-order valence-corrected chi connectivity index (χ3v) is 5.28. The van der Waals surface area contributed by atoms with Crippen molar-refractivity contribution < 1.29 is 24.1 Å². The van der Waals surface area contributed by atoms with E-state index in [1.807, 2.05) is 18.2 Å². The SMILES string of the molecule is COc1ccc(C[NH+]2CCN(C(=O)c3cc(Cl)ccc3[N+](=O)[O-])CC2)cc1OC. The number of nitrogens with zero attached hydrogens (tertiary/aromatic N) is 2. The van der Waals surface area contributed by atoms with Crippen LogP contribution in [0.2, 0.25) is 5.02 Å². The van der Waals surface area contributed by atoms with Crippen LogP contribution in [0.25, 0.3) is 0 Å². The monoisotopic (exact) mass is 420 g/mol. The lowest BCUT2D eigenvalue weighted by molar-refractivity contribution is -0.917. The van der Waals surface area contributed by atoms with Crippen LogP contribution in [0, 0.1) is 10.1 Å². The lowest BCUT2D eigenvalue weighted by atomic mass is 10.1. The van der Waals surface area contributed by atoms with Crippen LogP contribution in [0.3, 0.4) is 0 Å². The Kier molecular flexibility index (Phi) is 6.56. The second kappa shape index (κ2) is 9.11. The highest BCUT2D eigenvalue weighted by atomic mass is 35.5. The second-order valence-corrected chi connectivity index (χ2v) is 7.26. The van der Waals surface area contributed by atoms with E-state index in [4.69, 9.17) is 21.1 Å². The number of nitro groups is 1. The van der Waals surface area contributed by atoms with Crippen molar-refractivity contribution >= 4 is 23.2 Å². The number of carbonyl (C=O) groups is 1. The van der Waals surface area contributed by atoms with Crippen LogP contribution in [0.5, 0.6) is 11.5 Å². The van der Waals surface area contributed by atoms with E-state index in [2.05, 4.69) is 0 Å². The Morgan fingerprint density at radius 1 is 1.14 bits per heavy atom. The van der Waals surface area contributed by atoms with Crippen LogP contribution in [0.15, 0.2) is 36.4 Å². The fourth-order valence-corrected chi connectivity index (χ4v) is 3.66. The molecule has 1 aliphatic heterocycles. The smallest absolute Gasteiger partial charge is 0.282 e. The topological polar surface area (TPSA) is 86.4 Å². The van der Waals surface area contributed by atoms with E-state index in [1.165, 1.54) is 23.1 Å². The van der Waals surface area contributed by atoms with E-state index >= 15 is 0 Å². The maximum atomic E-state index is 12.8. The zero-order valence-electron chi connectivity index (χ0n) is 16.3. The standard InChI is InChI=1S/C20H22ClN3O5/c1-28-18-6-3-14(11-19(18)29-2)13-22-7-9-23(10-8-22)20(25)16-12-15(21)4-5-17(16)24(26)27/h3-6,11-12H,7-10,13H2,1-2H3/p+1. The molecule has 0 bridgehead atoms. The predicted molar refractivity (Wildman–Crippen MR) is 108 cm³/mol. The van der Waals surface area contributed by atoms with Gasteiger partial charge in [-0.05, 0) is 30.3 Å². The first kappa shape index (κ1) is 20.9. The summed E-state index contributed by atoms with van der Waals surface area (Å²) in [6.45, 7) is 3.32. The summed E-state index contributed by atoms with van der Waals surface area (Å²) in [6.07, 6.45) is 0. The number of halogens is 1. The Labute approximate surface area is 173 Å². The Bertz CT molecular complexity index is 913. The van der Waals surface area contributed by atoms with E-state index in [0.717, 1.165) is 25.2 Å². The minimum atomic E-state index is -0.553. The van der Waals surface area contributed by atoms with Crippen molar-refractivity contribution in [2.24, 2.45) is 0 Å². The molecule has 1 saturated heterocycles. The summed E-state index contributed by atoms with van der Waals surface area (Å²) in [4.78, 5) is 26.5. The molecule has 0 radical (unpaired) electrons. The second-order valence-electron chi connectivity index (χ2n) is 6.83. The van der Waals surface area contributed by atoms with Crippen molar-refractivity contribution in [3.8, 4) is 11.5 Å². The van der Waals surface area contributed by atoms with Crippen LogP contribution in [-0.4, -0.2) is 56.1 Å². The zero-order chi connectivity index (χ0) is 21.0. The van der Waals surface area contributed by atoms with Gasteiger partial charge < -0.3 is 19.3 Å². The molecule has 0 unspecified atom stereocenters. The number of piperazine rings is 1. The molecule has 8 nitrogen and oxygen atoms in total. The van der Waals surface area contributed by atoms with Gasteiger partial charge in [0.25, 0.3) is 11.6 Å². The first-order valence-electron chi connectivity index (χ1n) is 9.20. The van der Waals surface area contributed by atoms with Gasteiger partial charge in [0.05, 0.1) is 45.3 Å². The molecule has 1 N–H and O–H groups in total. The van der Waals surface area contributed by atoms with Crippen LogP contribution >= 0.6 is 11.6 Å². The summed E-state index contributed by atoms with van der Waals surface area (Å²) in [6, 6.07) is 9.90. The average molecular weight is 421 g/mol. The fraction of sp³-hybridized carbons (Fsp3) is 0.350. The van der Waals surface area contributed by atoms with Crippen molar-refractivity contribution in [1.82, 2.24) is 4.90 Å². The fourth-order valence-electron chi connectivity index (χ4n) is 3.49. The minimum absolute atomic E-state index is 0.0332. The molecule has 0 aromatic heterocycles. The molecule has 2 aromatic rings. The minimum Gasteiger partial charge on any atom is -0.493 e.